The molecule has 0 aliphatic carbocycles. The molecule has 0 spiro atoms. The van der Waals surface area contributed by atoms with Gasteiger partial charge in [0, 0.05) is 0 Å². The van der Waals surface area contributed by atoms with Gasteiger partial charge in [0.1, 0.15) is 11.8 Å². The van der Waals surface area contributed by atoms with E-state index in [1.165, 1.54) is 18.2 Å². The first-order valence-corrected chi connectivity index (χ1v) is 6.74. The van der Waals surface area contributed by atoms with Crippen molar-refractivity contribution in [2.75, 3.05) is 11.9 Å². The quantitative estimate of drug-likeness (QED) is 0.649. The van der Waals surface area contributed by atoms with Crippen molar-refractivity contribution in [3.8, 4) is 5.75 Å². The Balaban J connectivity index is 2.60. The first kappa shape index (κ1) is 17.8. The number of amides is 1. The number of hydrogen-bond acceptors (Lipinski definition) is 4. The van der Waals surface area contributed by atoms with Crippen molar-refractivity contribution in [1.82, 2.24) is 5.32 Å². The summed E-state index contributed by atoms with van der Waals surface area (Å²) in [5.74, 6) is -1.75. The number of ether oxygens (including phenoxy) is 1. The molecule has 8 heteroatoms. The van der Waals surface area contributed by atoms with E-state index in [1.807, 2.05) is 6.92 Å². The normalized spacial score (nSPS) is 12.0. The summed E-state index contributed by atoms with van der Waals surface area (Å²) in [4.78, 5) is 22.7. The number of rotatable bonds is 9. The first-order chi connectivity index (χ1) is 10.4. The van der Waals surface area contributed by atoms with Crippen molar-refractivity contribution < 1.29 is 28.2 Å². The predicted octanol–water partition coefficient (Wildman–Crippen LogP) is 2.07. The van der Waals surface area contributed by atoms with Gasteiger partial charge in [-0.25, -0.2) is 0 Å². The molecule has 6 nitrogen and oxygen atoms in total. The van der Waals surface area contributed by atoms with E-state index in [0.717, 1.165) is 0 Å². The molecule has 0 aliphatic rings. The van der Waals surface area contributed by atoms with Crippen molar-refractivity contribution in [2.45, 2.75) is 32.4 Å². The van der Waals surface area contributed by atoms with Gasteiger partial charge < -0.3 is 15.2 Å². The van der Waals surface area contributed by atoms with Crippen LogP contribution in [0.25, 0.3) is 0 Å². The summed E-state index contributed by atoms with van der Waals surface area (Å²) in [6, 6.07) is 4.93. The van der Waals surface area contributed by atoms with Crippen molar-refractivity contribution in [1.29, 1.82) is 0 Å². The van der Waals surface area contributed by atoms with Crippen LogP contribution in [0.3, 0.4) is 0 Å². The van der Waals surface area contributed by atoms with E-state index < -0.39 is 24.5 Å². The van der Waals surface area contributed by atoms with E-state index in [1.54, 1.807) is 6.07 Å². The molecule has 0 saturated carbocycles. The lowest BCUT2D eigenvalue weighted by Crippen LogP contribution is -2.41. The minimum absolute atomic E-state index is 0.0944. The molecule has 0 radical (unpaired) electrons. The van der Waals surface area contributed by atoms with Gasteiger partial charge in [0.25, 0.3) is 0 Å². The van der Waals surface area contributed by atoms with Gasteiger partial charge in [-0.05, 0) is 18.6 Å². The minimum Gasteiger partial charge on any atom is -0.480 e. The maximum atomic E-state index is 12.3. The summed E-state index contributed by atoms with van der Waals surface area (Å²) >= 11 is 0. The number of hydrogen-bond donors (Lipinski definition) is 3. The molecule has 1 aromatic rings. The highest BCUT2D eigenvalue weighted by Crippen LogP contribution is 2.25. The topological polar surface area (TPSA) is 87.7 Å². The lowest BCUT2D eigenvalue weighted by molar-refractivity contribution is -0.139. The summed E-state index contributed by atoms with van der Waals surface area (Å²) in [5.41, 5.74) is 0.0944. The monoisotopic (exact) mass is 316 g/mol. The molecule has 0 aliphatic heterocycles. The van der Waals surface area contributed by atoms with Gasteiger partial charge in [-0.15, -0.1) is 0 Å². The average Bonchev–Trinajstić information content (AvgIpc) is 2.44. The molecular weight excluding hydrogens is 298 g/mol. The van der Waals surface area contributed by atoms with Gasteiger partial charge in [-0.3, -0.25) is 14.9 Å². The number of benzene rings is 1. The second kappa shape index (κ2) is 8.93. The van der Waals surface area contributed by atoms with Gasteiger partial charge in [0.2, 0.25) is 5.91 Å². The molecule has 1 aromatic carbocycles. The molecule has 0 bridgehead atoms. The zero-order valence-electron chi connectivity index (χ0n) is 12.0. The second-order valence-electron chi connectivity index (χ2n) is 4.48. The van der Waals surface area contributed by atoms with E-state index in [9.17, 15) is 18.4 Å². The number of halogens is 2. The van der Waals surface area contributed by atoms with E-state index in [0.29, 0.717) is 12.8 Å². The highest BCUT2D eigenvalue weighted by atomic mass is 19.3. The Morgan fingerprint density at radius 3 is 2.59 bits per heavy atom. The van der Waals surface area contributed by atoms with E-state index >= 15 is 0 Å². The van der Waals surface area contributed by atoms with Crippen LogP contribution in [0.4, 0.5) is 14.5 Å². The molecule has 22 heavy (non-hydrogen) atoms. The number of alkyl halides is 2. The van der Waals surface area contributed by atoms with Crippen LogP contribution in [0.1, 0.15) is 19.8 Å². The Bertz CT molecular complexity index is 511. The maximum absolute atomic E-state index is 12.3. The van der Waals surface area contributed by atoms with Gasteiger partial charge >= 0.3 is 12.6 Å². The third-order valence-corrected chi connectivity index (χ3v) is 2.76. The fraction of sp³-hybridized carbons (Fsp3) is 0.429. The highest BCUT2D eigenvalue weighted by molar-refractivity contribution is 5.94. The molecule has 1 unspecified atom stereocenters. The SMILES string of the molecule is CCCC(NCC(=O)Nc1ccccc1OC(F)F)C(=O)O. The lowest BCUT2D eigenvalue weighted by Gasteiger charge is -2.14. The molecule has 3 N–H and O–H groups in total. The summed E-state index contributed by atoms with van der Waals surface area (Å²) in [7, 11) is 0. The molecule has 0 fully saturated rings. The number of nitrogens with one attached hydrogen (secondary N) is 2. The number of anilines is 1. The van der Waals surface area contributed by atoms with Gasteiger partial charge in [0.05, 0.1) is 12.2 Å². The van der Waals surface area contributed by atoms with Crippen molar-refractivity contribution >= 4 is 17.6 Å². The Labute approximate surface area is 126 Å². The second-order valence-corrected chi connectivity index (χ2v) is 4.48. The molecule has 0 heterocycles. The average molecular weight is 316 g/mol. The summed E-state index contributed by atoms with van der Waals surface area (Å²) < 4.78 is 28.8. The van der Waals surface area contributed by atoms with E-state index in [-0.39, 0.29) is 18.0 Å². The van der Waals surface area contributed by atoms with Crippen LogP contribution >= 0.6 is 0 Å². The third kappa shape index (κ3) is 6.04. The Morgan fingerprint density at radius 2 is 2.00 bits per heavy atom. The van der Waals surface area contributed by atoms with Crippen molar-refractivity contribution in [3.05, 3.63) is 24.3 Å². The third-order valence-electron chi connectivity index (χ3n) is 2.76. The van der Waals surface area contributed by atoms with Crippen LogP contribution in [-0.4, -0.2) is 36.2 Å². The van der Waals surface area contributed by atoms with Crippen LogP contribution in [0, 0.1) is 0 Å². The Hall–Kier alpha value is -2.22. The van der Waals surface area contributed by atoms with Gasteiger partial charge in [-0.2, -0.15) is 8.78 Å². The standard InChI is InChI=1S/C14H18F2N2O4/c1-2-5-10(13(20)21)17-8-12(19)18-9-6-3-4-7-11(9)22-14(15)16/h3-4,6-7,10,14,17H,2,5,8H2,1H3,(H,18,19)(H,20,21). The number of carboxylic acid groups (broad SMARTS) is 1. The number of para-hydroxylation sites is 2. The Morgan fingerprint density at radius 1 is 1.32 bits per heavy atom. The van der Waals surface area contributed by atoms with Crippen molar-refractivity contribution in [3.63, 3.8) is 0 Å². The first-order valence-electron chi connectivity index (χ1n) is 6.74. The van der Waals surface area contributed by atoms with Crippen LogP contribution in [0.5, 0.6) is 5.75 Å². The fourth-order valence-corrected chi connectivity index (χ4v) is 1.78. The van der Waals surface area contributed by atoms with Crippen LogP contribution < -0.4 is 15.4 Å². The van der Waals surface area contributed by atoms with E-state index in [4.69, 9.17) is 5.11 Å². The summed E-state index contributed by atoms with van der Waals surface area (Å²) in [6.07, 6.45) is 1.03. The van der Waals surface area contributed by atoms with Gasteiger partial charge in [-0.1, -0.05) is 25.5 Å². The molecule has 1 atom stereocenters. The molecule has 1 rings (SSSR count). The smallest absolute Gasteiger partial charge is 0.387 e. The zero-order valence-corrected chi connectivity index (χ0v) is 12.0. The van der Waals surface area contributed by atoms with Crippen molar-refractivity contribution in [2.24, 2.45) is 0 Å². The van der Waals surface area contributed by atoms with Crippen LogP contribution in [0.2, 0.25) is 0 Å². The van der Waals surface area contributed by atoms with Gasteiger partial charge in [0.15, 0.2) is 0 Å². The molecule has 1 amide bonds. The number of carboxylic acids is 1. The Kier molecular flexibility index (Phi) is 7.24. The molecule has 0 saturated heterocycles. The summed E-state index contributed by atoms with van der Waals surface area (Å²) in [5, 5.41) is 14.0. The van der Waals surface area contributed by atoms with E-state index in [2.05, 4.69) is 15.4 Å². The predicted molar refractivity (Wildman–Crippen MR) is 76.0 cm³/mol. The number of aliphatic carboxylic acids is 1. The van der Waals surface area contributed by atoms with Crippen LogP contribution in [-0.2, 0) is 9.59 Å². The lowest BCUT2D eigenvalue weighted by atomic mass is 10.2. The maximum Gasteiger partial charge on any atom is 0.387 e. The summed E-state index contributed by atoms with van der Waals surface area (Å²) in [6.45, 7) is -1.42. The van der Waals surface area contributed by atoms with Crippen LogP contribution in [0.15, 0.2) is 24.3 Å². The molecular formula is C14H18F2N2O4. The highest BCUT2D eigenvalue weighted by Gasteiger charge is 2.17. The minimum atomic E-state index is -3.00. The molecule has 122 valence electrons. The number of carbonyl (C=O) groups is 2. The number of carbonyl (C=O) groups excluding carboxylic acids is 1. The largest absolute Gasteiger partial charge is 0.480 e. The molecule has 0 aromatic heterocycles. The fourth-order valence-electron chi connectivity index (χ4n) is 1.78. The zero-order chi connectivity index (χ0) is 16.5.